The van der Waals surface area contributed by atoms with Gasteiger partial charge in [-0.3, -0.25) is 4.79 Å². The van der Waals surface area contributed by atoms with E-state index in [0.717, 1.165) is 11.3 Å². The molecule has 0 bridgehead atoms. The summed E-state index contributed by atoms with van der Waals surface area (Å²) in [6.07, 6.45) is 0. The Hall–Kier alpha value is -3.03. The second kappa shape index (κ2) is 10.7. The molecule has 1 aromatic heterocycles. The lowest BCUT2D eigenvalue weighted by atomic mass is 9.92. The maximum Gasteiger partial charge on any atom is 0.322 e. The van der Waals surface area contributed by atoms with Crippen LogP contribution < -0.4 is 10.6 Å². The van der Waals surface area contributed by atoms with Gasteiger partial charge in [-0.15, -0.1) is 0 Å². The van der Waals surface area contributed by atoms with E-state index in [9.17, 15) is 9.59 Å². The van der Waals surface area contributed by atoms with Crippen molar-refractivity contribution in [3.63, 3.8) is 0 Å². The molecule has 0 unspecified atom stereocenters. The van der Waals surface area contributed by atoms with Crippen molar-refractivity contribution < 1.29 is 9.59 Å². The van der Waals surface area contributed by atoms with Crippen molar-refractivity contribution in [2.75, 3.05) is 17.2 Å². The van der Waals surface area contributed by atoms with Crippen LogP contribution >= 0.6 is 23.2 Å². The van der Waals surface area contributed by atoms with Crippen LogP contribution in [0.5, 0.6) is 0 Å². The highest BCUT2D eigenvalue weighted by Crippen LogP contribution is 2.29. The van der Waals surface area contributed by atoms with Gasteiger partial charge >= 0.3 is 6.03 Å². The lowest BCUT2D eigenvalue weighted by Gasteiger charge is -2.26. The topological polar surface area (TPSA) is 79.3 Å². The Kier molecular flexibility index (Phi) is 8.13. The van der Waals surface area contributed by atoms with Gasteiger partial charge in [-0.25, -0.2) is 9.48 Å². The third-order valence-corrected chi connectivity index (χ3v) is 6.22. The Morgan fingerprint density at radius 2 is 1.71 bits per heavy atom. The highest BCUT2D eigenvalue weighted by molar-refractivity contribution is 6.42. The van der Waals surface area contributed by atoms with Crippen LogP contribution in [-0.2, 0) is 10.2 Å². The largest absolute Gasteiger partial charge is 0.322 e. The molecule has 0 aliphatic rings. The number of aromatic nitrogens is 2. The number of hydrogen-bond donors (Lipinski definition) is 2. The first kappa shape index (κ1) is 26.6. The molecule has 3 amide bonds. The minimum atomic E-state index is -0.349. The Morgan fingerprint density at radius 3 is 2.31 bits per heavy atom. The summed E-state index contributed by atoms with van der Waals surface area (Å²) >= 11 is 12.3. The fraction of sp³-hybridized carbons (Fsp3) is 0.346. The van der Waals surface area contributed by atoms with Crippen LogP contribution in [0.15, 0.2) is 48.5 Å². The Labute approximate surface area is 216 Å². The quantitative estimate of drug-likeness (QED) is 0.384. The van der Waals surface area contributed by atoms with Crippen LogP contribution in [0.1, 0.15) is 45.9 Å². The number of urea groups is 1. The molecule has 3 rings (SSSR count). The zero-order valence-corrected chi connectivity index (χ0v) is 22.3. The van der Waals surface area contributed by atoms with Gasteiger partial charge in [0.2, 0.25) is 5.91 Å². The Morgan fingerprint density at radius 1 is 1.03 bits per heavy atom. The molecular weight excluding hydrogens is 485 g/mol. The highest BCUT2D eigenvalue weighted by Gasteiger charge is 2.24. The first-order chi connectivity index (χ1) is 16.4. The first-order valence-electron chi connectivity index (χ1n) is 11.4. The van der Waals surface area contributed by atoms with Gasteiger partial charge in [0.25, 0.3) is 0 Å². The van der Waals surface area contributed by atoms with Gasteiger partial charge < -0.3 is 15.5 Å². The minimum absolute atomic E-state index is 0.132. The van der Waals surface area contributed by atoms with Gasteiger partial charge in [0.1, 0.15) is 12.4 Å². The standard InChI is InChI=1S/C26H31Cl2N5O2/c1-16(2)32(25(35)29-21-10-8-7-9-17(21)3)15-24(34)30-23-14-22(26(4,5)6)31-33(23)18-11-12-19(27)20(28)13-18/h7-14,16H,15H2,1-6H3,(H,29,35)(H,30,34). The van der Waals surface area contributed by atoms with Crippen molar-refractivity contribution in [1.29, 1.82) is 0 Å². The molecular formula is C26H31Cl2N5O2. The summed E-state index contributed by atoms with van der Waals surface area (Å²) in [5.41, 5.74) is 2.84. The van der Waals surface area contributed by atoms with Crippen LogP contribution in [0.2, 0.25) is 10.0 Å². The molecule has 9 heteroatoms. The fourth-order valence-electron chi connectivity index (χ4n) is 3.38. The van der Waals surface area contributed by atoms with Crippen molar-refractivity contribution in [3.05, 3.63) is 69.8 Å². The van der Waals surface area contributed by atoms with Crippen molar-refractivity contribution in [2.24, 2.45) is 0 Å². The summed E-state index contributed by atoms with van der Waals surface area (Å²) in [6.45, 7) is 11.6. The van der Waals surface area contributed by atoms with Gasteiger partial charge in [-0.05, 0) is 50.6 Å². The number of para-hydroxylation sites is 1. The number of nitrogens with zero attached hydrogens (tertiary/aromatic N) is 3. The van der Waals surface area contributed by atoms with E-state index in [-0.39, 0.29) is 29.9 Å². The fourth-order valence-corrected chi connectivity index (χ4v) is 3.67. The van der Waals surface area contributed by atoms with E-state index < -0.39 is 0 Å². The molecule has 3 aromatic rings. The zero-order valence-electron chi connectivity index (χ0n) is 20.8. The number of anilines is 2. The molecule has 186 valence electrons. The van der Waals surface area contributed by atoms with Crippen molar-refractivity contribution in [1.82, 2.24) is 14.7 Å². The van der Waals surface area contributed by atoms with Crippen molar-refractivity contribution >= 4 is 46.6 Å². The van der Waals surface area contributed by atoms with Crippen LogP contribution in [-0.4, -0.2) is 39.2 Å². The third kappa shape index (κ3) is 6.55. The SMILES string of the molecule is Cc1ccccc1NC(=O)N(CC(=O)Nc1cc(C(C)(C)C)nn1-c1ccc(Cl)c(Cl)c1)C(C)C. The Bertz CT molecular complexity index is 1230. The number of carbonyl (C=O) groups excluding carboxylic acids is 2. The summed E-state index contributed by atoms with van der Waals surface area (Å²) < 4.78 is 1.62. The smallest absolute Gasteiger partial charge is 0.313 e. The number of carbonyl (C=O) groups is 2. The van der Waals surface area contributed by atoms with E-state index >= 15 is 0 Å². The molecule has 0 spiro atoms. The van der Waals surface area contributed by atoms with Gasteiger partial charge in [-0.1, -0.05) is 62.2 Å². The first-order valence-corrected chi connectivity index (χ1v) is 12.1. The normalized spacial score (nSPS) is 11.5. The van der Waals surface area contributed by atoms with E-state index in [2.05, 4.69) is 10.6 Å². The van der Waals surface area contributed by atoms with Crippen LogP contribution in [0, 0.1) is 6.92 Å². The van der Waals surface area contributed by atoms with Crippen molar-refractivity contribution in [3.8, 4) is 5.69 Å². The molecule has 0 aliphatic carbocycles. The summed E-state index contributed by atoms with van der Waals surface area (Å²) in [5, 5.41) is 11.3. The minimum Gasteiger partial charge on any atom is -0.313 e. The summed E-state index contributed by atoms with van der Waals surface area (Å²) in [6, 6.07) is 13.9. The lowest BCUT2D eigenvalue weighted by Crippen LogP contribution is -2.44. The Balaban J connectivity index is 1.84. The average Bonchev–Trinajstić information content (AvgIpc) is 3.19. The van der Waals surface area contributed by atoms with E-state index in [1.165, 1.54) is 4.90 Å². The monoisotopic (exact) mass is 515 g/mol. The number of halogens is 2. The number of amides is 3. The van der Waals surface area contributed by atoms with Gasteiger partial charge in [0.05, 0.1) is 21.4 Å². The second-order valence-corrected chi connectivity index (χ2v) is 10.5. The number of aryl methyl sites for hydroxylation is 1. The number of hydrogen-bond acceptors (Lipinski definition) is 3. The predicted molar refractivity (Wildman–Crippen MR) is 143 cm³/mol. The maximum atomic E-state index is 13.1. The predicted octanol–water partition coefficient (Wildman–Crippen LogP) is 6.67. The van der Waals surface area contributed by atoms with Gasteiger partial charge in [0.15, 0.2) is 0 Å². The van der Waals surface area contributed by atoms with Gasteiger partial charge in [0, 0.05) is 23.2 Å². The highest BCUT2D eigenvalue weighted by atomic mass is 35.5. The maximum absolute atomic E-state index is 13.1. The molecule has 7 nitrogen and oxygen atoms in total. The number of rotatable bonds is 6. The number of benzene rings is 2. The van der Waals surface area contributed by atoms with Crippen LogP contribution in [0.3, 0.4) is 0 Å². The van der Waals surface area contributed by atoms with Crippen LogP contribution in [0.25, 0.3) is 5.69 Å². The summed E-state index contributed by atoms with van der Waals surface area (Å²) in [4.78, 5) is 27.5. The number of nitrogens with one attached hydrogen (secondary N) is 2. The molecule has 35 heavy (non-hydrogen) atoms. The summed E-state index contributed by atoms with van der Waals surface area (Å²) in [7, 11) is 0. The second-order valence-electron chi connectivity index (χ2n) is 9.69. The molecule has 0 fully saturated rings. The summed E-state index contributed by atoms with van der Waals surface area (Å²) in [5.74, 6) is 0.127. The van der Waals surface area contributed by atoms with E-state index in [4.69, 9.17) is 28.3 Å². The van der Waals surface area contributed by atoms with Gasteiger partial charge in [-0.2, -0.15) is 5.10 Å². The molecule has 1 heterocycles. The molecule has 0 radical (unpaired) electrons. The lowest BCUT2D eigenvalue weighted by molar-refractivity contribution is -0.117. The molecule has 0 saturated heterocycles. The average molecular weight is 516 g/mol. The molecule has 0 aliphatic heterocycles. The molecule has 0 saturated carbocycles. The van der Waals surface area contributed by atoms with E-state index in [1.54, 1.807) is 22.9 Å². The van der Waals surface area contributed by atoms with E-state index in [0.29, 0.717) is 27.2 Å². The van der Waals surface area contributed by atoms with E-state index in [1.807, 2.05) is 71.9 Å². The van der Waals surface area contributed by atoms with Crippen molar-refractivity contribution in [2.45, 2.75) is 53.0 Å². The zero-order chi connectivity index (χ0) is 25.9. The molecule has 2 aromatic carbocycles. The third-order valence-electron chi connectivity index (χ3n) is 5.48. The molecule has 0 atom stereocenters. The molecule has 2 N–H and O–H groups in total. The van der Waals surface area contributed by atoms with Crippen LogP contribution in [0.4, 0.5) is 16.3 Å².